The van der Waals surface area contributed by atoms with E-state index in [9.17, 15) is 8.78 Å². The normalized spacial score (nSPS) is 37.1. The van der Waals surface area contributed by atoms with E-state index < -0.39 is 6.43 Å². The van der Waals surface area contributed by atoms with Crippen molar-refractivity contribution < 1.29 is 8.78 Å². The first kappa shape index (κ1) is 10.3. The van der Waals surface area contributed by atoms with Crippen LogP contribution in [0.25, 0.3) is 0 Å². The molecule has 0 amide bonds. The molecule has 2 atom stereocenters. The van der Waals surface area contributed by atoms with Gasteiger partial charge in [0, 0.05) is 18.1 Å². The lowest BCUT2D eigenvalue weighted by Crippen LogP contribution is -2.48. The highest BCUT2D eigenvalue weighted by atomic mass is 19.3. The zero-order valence-electron chi connectivity index (χ0n) is 8.55. The lowest BCUT2D eigenvalue weighted by molar-refractivity contribution is 0.0665. The number of alkyl halides is 2. The summed E-state index contributed by atoms with van der Waals surface area (Å²) >= 11 is 0. The van der Waals surface area contributed by atoms with Crippen molar-refractivity contribution in [1.82, 2.24) is 10.2 Å². The number of halogens is 2. The molecular weight excluding hydrogens is 186 g/mol. The minimum atomic E-state index is -2.20. The highest BCUT2D eigenvalue weighted by molar-refractivity contribution is 4.95. The lowest BCUT2D eigenvalue weighted by atomic mass is 9.99. The van der Waals surface area contributed by atoms with E-state index >= 15 is 0 Å². The Labute approximate surface area is 83.7 Å². The largest absolute Gasteiger partial charge is 0.311 e. The van der Waals surface area contributed by atoms with Crippen LogP contribution in [0.2, 0.25) is 0 Å². The van der Waals surface area contributed by atoms with Crippen LogP contribution in [0.5, 0.6) is 0 Å². The van der Waals surface area contributed by atoms with Crippen LogP contribution in [0.3, 0.4) is 0 Å². The predicted molar refractivity (Wildman–Crippen MR) is 51.6 cm³/mol. The van der Waals surface area contributed by atoms with Crippen LogP contribution in [0, 0.1) is 0 Å². The topological polar surface area (TPSA) is 15.3 Å². The van der Waals surface area contributed by atoms with Gasteiger partial charge in [-0.3, -0.25) is 4.90 Å². The summed E-state index contributed by atoms with van der Waals surface area (Å²) in [4.78, 5) is 1.83. The average molecular weight is 204 g/mol. The Morgan fingerprint density at radius 1 is 1.29 bits per heavy atom. The van der Waals surface area contributed by atoms with Gasteiger partial charge in [-0.25, -0.2) is 8.78 Å². The number of nitrogens with zero attached hydrogens (tertiary/aromatic N) is 1. The van der Waals surface area contributed by atoms with Crippen LogP contribution in [-0.2, 0) is 0 Å². The first-order valence-corrected chi connectivity index (χ1v) is 5.39. The summed E-state index contributed by atoms with van der Waals surface area (Å²) in [6, 6.07) is 1.53. The Hall–Kier alpha value is -0.220. The van der Waals surface area contributed by atoms with Gasteiger partial charge in [0.05, 0.1) is 6.54 Å². The molecule has 14 heavy (non-hydrogen) atoms. The summed E-state index contributed by atoms with van der Waals surface area (Å²) in [6.45, 7) is -0.0793. The quantitative estimate of drug-likeness (QED) is 0.749. The van der Waals surface area contributed by atoms with E-state index in [1.165, 1.54) is 12.8 Å². The van der Waals surface area contributed by atoms with Gasteiger partial charge in [-0.05, 0) is 32.7 Å². The molecule has 0 aromatic rings. The molecule has 2 aliphatic heterocycles. The van der Waals surface area contributed by atoms with Crippen molar-refractivity contribution in [2.45, 2.75) is 50.2 Å². The van der Waals surface area contributed by atoms with Crippen molar-refractivity contribution in [1.29, 1.82) is 0 Å². The molecule has 0 saturated carbocycles. The molecule has 2 bridgehead atoms. The van der Waals surface area contributed by atoms with E-state index in [2.05, 4.69) is 5.32 Å². The van der Waals surface area contributed by atoms with Gasteiger partial charge >= 0.3 is 0 Å². The van der Waals surface area contributed by atoms with Crippen molar-refractivity contribution >= 4 is 0 Å². The molecule has 0 aromatic carbocycles. The van der Waals surface area contributed by atoms with E-state index in [1.807, 2.05) is 11.9 Å². The van der Waals surface area contributed by atoms with Crippen LogP contribution in [0.15, 0.2) is 0 Å². The highest BCUT2D eigenvalue weighted by Crippen LogP contribution is 2.29. The van der Waals surface area contributed by atoms with Crippen molar-refractivity contribution in [2.24, 2.45) is 0 Å². The SMILES string of the molecule is CN(CC(F)F)C1CC2CCC(C1)N2. The van der Waals surface area contributed by atoms with Gasteiger partial charge < -0.3 is 5.32 Å². The third-order valence-electron chi connectivity index (χ3n) is 3.50. The zero-order valence-corrected chi connectivity index (χ0v) is 8.55. The fourth-order valence-corrected chi connectivity index (χ4v) is 2.75. The number of piperidine rings is 1. The van der Waals surface area contributed by atoms with Gasteiger partial charge in [0.1, 0.15) is 0 Å². The molecule has 2 aliphatic rings. The van der Waals surface area contributed by atoms with E-state index in [0.717, 1.165) is 12.8 Å². The Morgan fingerprint density at radius 3 is 2.36 bits per heavy atom. The number of nitrogens with one attached hydrogen (secondary N) is 1. The predicted octanol–water partition coefficient (Wildman–Crippen LogP) is 1.47. The Bertz CT molecular complexity index is 187. The molecule has 2 saturated heterocycles. The molecule has 0 aromatic heterocycles. The van der Waals surface area contributed by atoms with Gasteiger partial charge in [-0.15, -0.1) is 0 Å². The Morgan fingerprint density at radius 2 is 1.86 bits per heavy atom. The van der Waals surface area contributed by atoms with E-state index in [0.29, 0.717) is 18.1 Å². The van der Waals surface area contributed by atoms with Gasteiger partial charge in [-0.2, -0.15) is 0 Å². The first-order valence-electron chi connectivity index (χ1n) is 5.39. The summed E-state index contributed by atoms with van der Waals surface area (Å²) in [7, 11) is 1.82. The van der Waals surface area contributed by atoms with Crippen LogP contribution in [0.4, 0.5) is 8.78 Å². The summed E-state index contributed by atoms with van der Waals surface area (Å²) in [5.41, 5.74) is 0. The summed E-state index contributed by atoms with van der Waals surface area (Å²) in [6.07, 6.45) is 2.33. The second-order valence-electron chi connectivity index (χ2n) is 4.59. The molecule has 4 heteroatoms. The van der Waals surface area contributed by atoms with Gasteiger partial charge in [0.15, 0.2) is 0 Å². The standard InChI is InChI=1S/C10H18F2N2/c1-14(6-10(11)12)9-4-7-2-3-8(5-9)13-7/h7-10,13H,2-6H2,1H3. The van der Waals surface area contributed by atoms with Crippen molar-refractivity contribution in [2.75, 3.05) is 13.6 Å². The van der Waals surface area contributed by atoms with Crippen LogP contribution < -0.4 is 5.32 Å². The average Bonchev–Trinajstić information content (AvgIpc) is 2.44. The summed E-state index contributed by atoms with van der Waals surface area (Å²) in [5.74, 6) is 0. The maximum atomic E-state index is 12.2. The minimum Gasteiger partial charge on any atom is -0.311 e. The van der Waals surface area contributed by atoms with Gasteiger partial charge in [-0.1, -0.05) is 0 Å². The molecule has 2 nitrogen and oxygen atoms in total. The first-order chi connectivity index (χ1) is 6.65. The van der Waals surface area contributed by atoms with Gasteiger partial charge in [0.2, 0.25) is 0 Å². The van der Waals surface area contributed by atoms with Crippen LogP contribution in [-0.4, -0.2) is 43.0 Å². The summed E-state index contributed by atoms with van der Waals surface area (Å²) < 4.78 is 24.4. The number of hydrogen-bond donors (Lipinski definition) is 1. The van der Waals surface area contributed by atoms with E-state index in [4.69, 9.17) is 0 Å². The zero-order chi connectivity index (χ0) is 10.1. The third-order valence-corrected chi connectivity index (χ3v) is 3.50. The number of hydrogen-bond acceptors (Lipinski definition) is 2. The maximum Gasteiger partial charge on any atom is 0.251 e. The van der Waals surface area contributed by atoms with Crippen LogP contribution in [0.1, 0.15) is 25.7 Å². The highest BCUT2D eigenvalue weighted by Gasteiger charge is 2.35. The maximum absolute atomic E-state index is 12.2. The summed E-state index contributed by atoms with van der Waals surface area (Å²) in [5, 5.41) is 3.51. The lowest BCUT2D eigenvalue weighted by Gasteiger charge is -2.35. The monoisotopic (exact) mass is 204 g/mol. The number of rotatable bonds is 3. The molecule has 0 aliphatic carbocycles. The molecule has 2 heterocycles. The molecule has 82 valence electrons. The van der Waals surface area contributed by atoms with E-state index in [-0.39, 0.29) is 6.54 Å². The molecule has 0 radical (unpaired) electrons. The Balaban J connectivity index is 1.86. The molecule has 0 spiro atoms. The molecule has 2 rings (SSSR count). The van der Waals surface area contributed by atoms with Gasteiger partial charge in [0.25, 0.3) is 6.43 Å². The Kier molecular flexibility index (Phi) is 3.02. The molecular formula is C10H18F2N2. The van der Waals surface area contributed by atoms with Crippen LogP contribution >= 0.6 is 0 Å². The van der Waals surface area contributed by atoms with Crippen molar-refractivity contribution in [3.63, 3.8) is 0 Å². The second-order valence-corrected chi connectivity index (χ2v) is 4.59. The number of fused-ring (bicyclic) bond motifs is 2. The fourth-order valence-electron chi connectivity index (χ4n) is 2.75. The second kappa shape index (κ2) is 4.11. The molecule has 2 fully saturated rings. The van der Waals surface area contributed by atoms with Crippen molar-refractivity contribution in [3.8, 4) is 0 Å². The van der Waals surface area contributed by atoms with Crippen molar-refractivity contribution in [3.05, 3.63) is 0 Å². The van der Waals surface area contributed by atoms with E-state index in [1.54, 1.807) is 0 Å². The minimum absolute atomic E-state index is 0.0793. The fraction of sp³-hybridized carbons (Fsp3) is 1.00. The molecule has 1 N–H and O–H groups in total. The smallest absolute Gasteiger partial charge is 0.251 e. The molecule has 2 unspecified atom stereocenters. The third kappa shape index (κ3) is 2.23.